The van der Waals surface area contributed by atoms with Crippen molar-refractivity contribution in [2.45, 2.75) is 43.5 Å². The van der Waals surface area contributed by atoms with E-state index in [9.17, 15) is 21.2 Å². The zero-order valence-corrected chi connectivity index (χ0v) is 16.9. The first kappa shape index (κ1) is 23.1. The topological polar surface area (TPSA) is 118 Å². The number of halogens is 2. The number of nitrogens with one attached hydrogen (secondary N) is 2. The zero-order chi connectivity index (χ0) is 18.7. The van der Waals surface area contributed by atoms with Crippen molar-refractivity contribution in [1.82, 2.24) is 4.72 Å². The minimum atomic E-state index is -3.94. The van der Waals surface area contributed by atoms with Crippen LogP contribution in [-0.4, -0.2) is 35.2 Å². The summed E-state index contributed by atoms with van der Waals surface area (Å²) < 4.78 is 66.8. The molecule has 0 heterocycles. The molecule has 0 bridgehead atoms. The molecule has 1 saturated carbocycles. The molecule has 1 aromatic carbocycles. The lowest BCUT2D eigenvalue weighted by atomic mass is 9.99. The monoisotopic (exact) mass is 429 g/mol. The number of anilines is 1. The standard InChI is InChI=1S/C15H24FN3O4S2.ClH/c1-2-24(20,21)18-14-8-7-12(9-13(14)16)25(22,23)19-15(10-17)11-5-3-4-6-11;/h7-9,11,15,18-19H,2-6,10,17H2,1H3;1H. The molecule has 2 rings (SSSR count). The second-order valence-electron chi connectivity index (χ2n) is 6.16. The van der Waals surface area contributed by atoms with Crippen molar-refractivity contribution in [3.63, 3.8) is 0 Å². The predicted octanol–water partition coefficient (Wildman–Crippen LogP) is 1.80. The Labute approximate surface area is 160 Å². The van der Waals surface area contributed by atoms with Crippen LogP contribution in [0.4, 0.5) is 10.1 Å². The Balaban J connectivity index is 0.00000338. The van der Waals surface area contributed by atoms with Crippen molar-refractivity contribution in [1.29, 1.82) is 0 Å². The molecular weight excluding hydrogens is 405 g/mol. The normalized spacial score (nSPS) is 16.9. The molecule has 0 amide bonds. The van der Waals surface area contributed by atoms with E-state index in [0.717, 1.165) is 37.8 Å². The van der Waals surface area contributed by atoms with Crippen molar-refractivity contribution >= 4 is 38.1 Å². The highest BCUT2D eigenvalue weighted by atomic mass is 35.5. The zero-order valence-electron chi connectivity index (χ0n) is 14.4. The number of hydrogen-bond donors (Lipinski definition) is 3. The molecule has 1 aliphatic rings. The lowest BCUT2D eigenvalue weighted by molar-refractivity contribution is 0.405. The fraction of sp³-hybridized carbons (Fsp3) is 0.600. The number of benzene rings is 1. The van der Waals surface area contributed by atoms with Gasteiger partial charge in [0.1, 0.15) is 5.82 Å². The fourth-order valence-electron chi connectivity index (χ4n) is 2.95. The van der Waals surface area contributed by atoms with Crippen LogP contribution in [-0.2, 0) is 20.0 Å². The molecule has 150 valence electrons. The Hall–Kier alpha value is -0.940. The van der Waals surface area contributed by atoms with Gasteiger partial charge in [0, 0.05) is 12.6 Å². The van der Waals surface area contributed by atoms with Gasteiger partial charge < -0.3 is 5.73 Å². The maximum Gasteiger partial charge on any atom is 0.240 e. The quantitative estimate of drug-likeness (QED) is 0.582. The summed E-state index contributed by atoms with van der Waals surface area (Å²) in [5.74, 6) is -0.988. The van der Waals surface area contributed by atoms with Gasteiger partial charge in [-0.1, -0.05) is 12.8 Å². The van der Waals surface area contributed by atoms with E-state index in [-0.39, 0.29) is 41.2 Å². The van der Waals surface area contributed by atoms with E-state index < -0.39 is 31.9 Å². The summed E-state index contributed by atoms with van der Waals surface area (Å²) in [4.78, 5) is -0.263. The summed E-state index contributed by atoms with van der Waals surface area (Å²) >= 11 is 0. The highest BCUT2D eigenvalue weighted by Crippen LogP contribution is 2.28. The summed E-state index contributed by atoms with van der Waals surface area (Å²) in [5, 5.41) is 0. The molecule has 1 fully saturated rings. The van der Waals surface area contributed by atoms with Gasteiger partial charge in [-0.25, -0.2) is 25.9 Å². The lowest BCUT2D eigenvalue weighted by Gasteiger charge is -2.23. The van der Waals surface area contributed by atoms with E-state index in [4.69, 9.17) is 5.73 Å². The Morgan fingerprint density at radius 3 is 2.35 bits per heavy atom. The van der Waals surface area contributed by atoms with E-state index in [1.54, 1.807) is 0 Å². The first-order chi connectivity index (χ1) is 11.7. The molecule has 0 radical (unpaired) electrons. The molecule has 11 heteroatoms. The molecule has 7 nitrogen and oxygen atoms in total. The third kappa shape index (κ3) is 5.78. The van der Waals surface area contributed by atoms with Crippen LogP contribution in [0.15, 0.2) is 23.1 Å². The van der Waals surface area contributed by atoms with Gasteiger partial charge in [0.05, 0.1) is 16.3 Å². The summed E-state index contributed by atoms with van der Waals surface area (Å²) in [6.45, 7) is 1.58. The number of sulfonamides is 2. The molecule has 1 unspecified atom stereocenters. The first-order valence-corrected chi connectivity index (χ1v) is 11.3. The second-order valence-corrected chi connectivity index (χ2v) is 9.88. The van der Waals surface area contributed by atoms with Crippen LogP contribution in [0.2, 0.25) is 0 Å². The first-order valence-electron chi connectivity index (χ1n) is 8.21. The van der Waals surface area contributed by atoms with Crippen LogP contribution in [0.5, 0.6) is 0 Å². The molecule has 4 N–H and O–H groups in total. The van der Waals surface area contributed by atoms with E-state index in [0.29, 0.717) is 0 Å². The average Bonchev–Trinajstić information content (AvgIpc) is 3.08. The predicted molar refractivity (Wildman–Crippen MR) is 102 cm³/mol. The highest BCUT2D eigenvalue weighted by Gasteiger charge is 2.28. The van der Waals surface area contributed by atoms with Gasteiger partial charge in [-0.05, 0) is 43.9 Å². The van der Waals surface area contributed by atoms with Gasteiger partial charge in [0.25, 0.3) is 0 Å². The summed E-state index contributed by atoms with van der Waals surface area (Å²) in [6.07, 6.45) is 3.92. The maximum absolute atomic E-state index is 14.1. The van der Waals surface area contributed by atoms with E-state index >= 15 is 0 Å². The Morgan fingerprint density at radius 2 is 1.85 bits per heavy atom. The van der Waals surface area contributed by atoms with Crippen molar-refractivity contribution < 1.29 is 21.2 Å². The molecule has 1 aromatic rings. The highest BCUT2D eigenvalue weighted by molar-refractivity contribution is 7.92. The van der Waals surface area contributed by atoms with Crippen LogP contribution in [0, 0.1) is 11.7 Å². The van der Waals surface area contributed by atoms with E-state index in [1.165, 1.54) is 13.0 Å². The molecule has 0 aromatic heterocycles. The van der Waals surface area contributed by atoms with Crippen LogP contribution >= 0.6 is 12.4 Å². The van der Waals surface area contributed by atoms with E-state index in [2.05, 4.69) is 9.44 Å². The smallest absolute Gasteiger partial charge is 0.240 e. The summed E-state index contributed by atoms with van der Waals surface area (Å²) in [6, 6.07) is 2.68. The summed E-state index contributed by atoms with van der Waals surface area (Å²) in [5.41, 5.74) is 5.41. The molecule has 0 saturated heterocycles. The number of hydrogen-bond acceptors (Lipinski definition) is 5. The second kappa shape index (κ2) is 9.32. The van der Waals surface area contributed by atoms with Gasteiger partial charge in [-0.3, -0.25) is 4.72 Å². The van der Waals surface area contributed by atoms with E-state index in [1.807, 2.05) is 0 Å². The number of nitrogens with two attached hydrogens (primary N) is 1. The minimum Gasteiger partial charge on any atom is -0.329 e. The van der Waals surface area contributed by atoms with Crippen LogP contribution in [0.25, 0.3) is 0 Å². The largest absolute Gasteiger partial charge is 0.329 e. The fourth-order valence-corrected chi connectivity index (χ4v) is 4.92. The lowest BCUT2D eigenvalue weighted by Crippen LogP contribution is -2.44. The van der Waals surface area contributed by atoms with Crippen molar-refractivity contribution in [3.8, 4) is 0 Å². The summed E-state index contributed by atoms with van der Waals surface area (Å²) in [7, 11) is -7.59. The third-order valence-electron chi connectivity index (χ3n) is 4.43. The molecular formula is C15H25ClFN3O4S2. The molecule has 0 spiro atoms. The van der Waals surface area contributed by atoms with Crippen molar-refractivity contribution in [2.75, 3.05) is 17.0 Å². The molecule has 1 aliphatic carbocycles. The van der Waals surface area contributed by atoms with Gasteiger partial charge in [-0.2, -0.15) is 0 Å². The molecule has 26 heavy (non-hydrogen) atoms. The van der Waals surface area contributed by atoms with Crippen LogP contribution in [0.1, 0.15) is 32.6 Å². The van der Waals surface area contributed by atoms with Gasteiger partial charge in [0.15, 0.2) is 0 Å². The number of rotatable bonds is 8. The Kier molecular flexibility index (Phi) is 8.28. The molecule has 1 atom stereocenters. The van der Waals surface area contributed by atoms with Gasteiger partial charge in [-0.15, -0.1) is 12.4 Å². The SMILES string of the molecule is CCS(=O)(=O)Nc1ccc(S(=O)(=O)NC(CN)C2CCCC2)cc1F.Cl. The van der Waals surface area contributed by atoms with Crippen LogP contribution < -0.4 is 15.2 Å². The Morgan fingerprint density at radius 1 is 1.23 bits per heavy atom. The Bertz CT molecular complexity index is 812. The van der Waals surface area contributed by atoms with Crippen molar-refractivity contribution in [3.05, 3.63) is 24.0 Å². The van der Waals surface area contributed by atoms with Gasteiger partial charge >= 0.3 is 0 Å². The van der Waals surface area contributed by atoms with Crippen LogP contribution in [0.3, 0.4) is 0 Å². The average molecular weight is 430 g/mol. The van der Waals surface area contributed by atoms with Crippen molar-refractivity contribution in [2.24, 2.45) is 11.7 Å². The maximum atomic E-state index is 14.1. The minimum absolute atomic E-state index is 0. The van der Waals surface area contributed by atoms with Gasteiger partial charge in [0.2, 0.25) is 20.0 Å². The third-order valence-corrected chi connectivity index (χ3v) is 7.20. The molecule has 0 aliphatic heterocycles.